The maximum Gasteiger partial charge on any atom is 0.270 e. The number of non-ortho nitro benzene ring substituents is 1. The summed E-state index contributed by atoms with van der Waals surface area (Å²) in [4.78, 5) is 22.0. The van der Waals surface area contributed by atoms with E-state index in [1.807, 2.05) is 16.8 Å². The Bertz CT molecular complexity index is 1590. The molecular weight excluding hydrogens is 480 g/mol. The topological polar surface area (TPSA) is 123 Å². The third kappa shape index (κ3) is 4.18. The first-order valence-corrected chi connectivity index (χ1v) is 12.7. The van der Waals surface area contributed by atoms with E-state index in [1.54, 1.807) is 18.3 Å². The van der Waals surface area contributed by atoms with Crippen LogP contribution >= 0.6 is 0 Å². The summed E-state index contributed by atoms with van der Waals surface area (Å²) in [6.07, 6.45) is 6.45. The van der Waals surface area contributed by atoms with Gasteiger partial charge in [0, 0.05) is 48.4 Å². The summed E-state index contributed by atoms with van der Waals surface area (Å²) in [5.74, 6) is 6.84. The fourth-order valence-corrected chi connectivity index (χ4v) is 5.98. The highest BCUT2D eigenvalue weighted by molar-refractivity contribution is 5.82. The summed E-state index contributed by atoms with van der Waals surface area (Å²) in [6, 6.07) is 15.2. The van der Waals surface area contributed by atoms with Gasteiger partial charge in [-0.25, -0.2) is 9.97 Å². The van der Waals surface area contributed by atoms with E-state index in [-0.39, 0.29) is 23.8 Å². The molecule has 2 aromatic heterocycles. The van der Waals surface area contributed by atoms with Crippen molar-refractivity contribution in [1.29, 1.82) is 0 Å². The average Bonchev–Trinajstić information content (AvgIpc) is 3.47. The summed E-state index contributed by atoms with van der Waals surface area (Å²) in [5, 5.41) is 21.8. The van der Waals surface area contributed by atoms with Crippen molar-refractivity contribution in [2.45, 2.75) is 38.5 Å². The highest BCUT2D eigenvalue weighted by atomic mass is 16.6. The molecule has 1 atom stereocenters. The molecule has 1 aliphatic carbocycles. The number of fused-ring (bicyclic) bond motifs is 2. The van der Waals surface area contributed by atoms with Crippen molar-refractivity contribution in [3.8, 4) is 11.8 Å². The van der Waals surface area contributed by atoms with Crippen LogP contribution in [0, 0.1) is 27.4 Å². The van der Waals surface area contributed by atoms with Crippen LogP contribution in [0.2, 0.25) is 0 Å². The number of aliphatic hydroxyl groups excluding tert-OH is 1. The second kappa shape index (κ2) is 9.56. The van der Waals surface area contributed by atoms with E-state index in [2.05, 4.69) is 51.0 Å². The van der Waals surface area contributed by atoms with Gasteiger partial charge < -0.3 is 20.3 Å². The third-order valence-electron chi connectivity index (χ3n) is 8.05. The van der Waals surface area contributed by atoms with Gasteiger partial charge in [0.25, 0.3) is 5.69 Å². The third-order valence-corrected chi connectivity index (χ3v) is 8.05. The summed E-state index contributed by atoms with van der Waals surface area (Å²) >= 11 is 0. The Morgan fingerprint density at radius 1 is 1.18 bits per heavy atom. The number of aliphatic hydroxyl groups is 1. The first-order valence-electron chi connectivity index (χ1n) is 12.7. The number of hydrogen-bond acceptors (Lipinski definition) is 7. The van der Waals surface area contributed by atoms with Crippen LogP contribution in [0.25, 0.3) is 10.9 Å². The maximum absolute atomic E-state index is 11.0. The van der Waals surface area contributed by atoms with Crippen LogP contribution in [-0.2, 0) is 19.6 Å². The molecule has 192 valence electrons. The zero-order chi connectivity index (χ0) is 26.3. The molecule has 3 N–H and O–H groups in total. The number of piperidine rings is 1. The summed E-state index contributed by atoms with van der Waals surface area (Å²) in [6.45, 7) is 1.81. The Hall–Kier alpha value is -4.26. The first-order chi connectivity index (χ1) is 18.5. The number of hydrogen-bond donors (Lipinski definition) is 2. The first kappa shape index (κ1) is 24.1. The lowest BCUT2D eigenvalue weighted by molar-refractivity contribution is -0.384. The van der Waals surface area contributed by atoms with E-state index >= 15 is 0 Å². The molecule has 0 unspecified atom stereocenters. The zero-order valence-corrected chi connectivity index (χ0v) is 20.9. The Kier molecular flexibility index (Phi) is 6.06. The molecule has 0 amide bonds. The minimum absolute atomic E-state index is 0.0504. The van der Waals surface area contributed by atoms with E-state index in [0.717, 1.165) is 43.3 Å². The number of rotatable bonds is 4. The minimum Gasteiger partial charge on any atom is -0.390 e. The van der Waals surface area contributed by atoms with Gasteiger partial charge in [0.1, 0.15) is 11.4 Å². The minimum atomic E-state index is -0.400. The average molecular weight is 509 g/mol. The van der Waals surface area contributed by atoms with Crippen LogP contribution in [0.15, 0.2) is 60.9 Å². The molecule has 0 saturated carbocycles. The second-order valence-corrected chi connectivity index (χ2v) is 10.1. The molecule has 38 heavy (non-hydrogen) atoms. The van der Waals surface area contributed by atoms with E-state index < -0.39 is 4.92 Å². The monoisotopic (exact) mass is 508 g/mol. The molecule has 1 fully saturated rings. The molecule has 1 spiro atoms. The maximum atomic E-state index is 11.0. The highest BCUT2D eigenvalue weighted by Crippen LogP contribution is 2.51. The lowest BCUT2D eigenvalue weighted by atomic mass is 9.73. The van der Waals surface area contributed by atoms with Crippen LogP contribution in [0.4, 0.5) is 11.5 Å². The molecule has 3 heterocycles. The molecule has 9 heteroatoms. The molecular formula is C29H28N6O3. The molecule has 1 saturated heterocycles. The van der Waals surface area contributed by atoms with Gasteiger partial charge in [0.05, 0.1) is 24.3 Å². The predicted molar refractivity (Wildman–Crippen MR) is 144 cm³/mol. The number of nitro benzene ring substituents is 1. The van der Waals surface area contributed by atoms with Gasteiger partial charge in [-0.1, -0.05) is 30.2 Å². The number of anilines is 1. The quantitative estimate of drug-likeness (QED) is 0.245. The Labute approximate surface area is 220 Å². The Morgan fingerprint density at radius 2 is 2.00 bits per heavy atom. The number of benzene rings is 2. The van der Waals surface area contributed by atoms with E-state index in [0.29, 0.717) is 23.8 Å². The second-order valence-electron chi connectivity index (χ2n) is 10.1. The largest absolute Gasteiger partial charge is 0.390 e. The van der Waals surface area contributed by atoms with Gasteiger partial charge in [0.15, 0.2) is 5.82 Å². The van der Waals surface area contributed by atoms with E-state index in [4.69, 9.17) is 5.73 Å². The molecule has 2 aromatic carbocycles. The summed E-state index contributed by atoms with van der Waals surface area (Å²) < 4.78 is 1.93. The molecule has 6 rings (SSSR count). The van der Waals surface area contributed by atoms with Gasteiger partial charge >= 0.3 is 0 Å². The highest BCUT2D eigenvalue weighted by Gasteiger charge is 2.46. The summed E-state index contributed by atoms with van der Waals surface area (Å²) in [7, 11) is 0. The molecule has 9 nitrogen and oxygen atoms in total. The van der Waals surface area contributed by atoms with Crippen molar-refractivity contribution < 1.29 is 10.0 Å². The van der Waals surface area contributed by atoms with Crippen LogP contribution in [-0.4, -0.2) is 37.7 Å². The zero-order valence-electron chi connectivity index (χ0n) is 20.9. The molecule has 0 bridgehead atoms. The van der Waals surface area contributed by atoms with Gasteiger partial charge in [-0.2, -0.15) is 0 Å². The number of nitrogens with two attached hydrogens (primary N) is 1. The van der Waals surface area contributed by atoms with Crippen molar-refractivity contribution in [3.63, 3.8) is 0 Å². The van der Waals surface area contributed by atoms with Gasteiger partial charge in [-0.15, -0.1) is 0 Å². The molecule has 1 aliphatic heterocycles. The van der Waals surface area contributed by atoms with Crippen molar-refractivity contribution in [2.75, 3.05) is 18.0 Å². The lowest BCUT2D eigenvalue weighted by Crippen LogP contribution is -2.45. The van der Waals surface area contributed by atoms with Crippen LogP contribution in [0.1, 0.15) is 41.4 Å². The van der Waals surface area contributed by atoms with Crippen molar-refractivity contribution in [3.05, 3.63) is 93.6 Å². The van der Waals surface area contributed by atoms with Crippen LogP contribution < -0.4 is 10.6 Å². The molecule has 4 aromatic rings. The summed E-state index contributed by atoms with van der Waals surface area (Å²) in [5.41, 5.74) is 11.4. The number of aromatic nitrogens is 3. The fraction of sp³-hybridized carbons (Fsp3) is 0.310. The van der Waals surface area contributed by atoms with Crippen LogP contribution in [0.3, 0.4) is 0 Å². The van der Waals surface area contributed by atoms with E-state index in [1.165, 1.54) is 17.2 Å². The predicted octanol–water partition coefficient (Wildman–Crippen LogP) is 3.73. The Morgan fingerprint density at radius 3 is 2.76 bits per heavy atom. The van der Waals surface area contributed by atoms with E-state index in [9.17, 15) is 15.2 Å². The van der Waals surface area contributed by atoms with Crippen molar-refractivity contribution >= 4 is 22.4 Å². The Balaban J connectivity index is 1.14. The normalized spacial score (nSPS) is 17.8. The SMILES string of the molecule is N[C@@H]1c2ccccc2CC12CCN(c1ncc(C#CCn3ccc4cc([N+](=O)[O-])ccc43)nc1CO)CC2. The smallest absolute Gasteiger partial charge is 0.270 e. The fourth-order valence-electron chi connectivity index (χ4n) is 5.98. The van der Waals surface area contributed by atoms with Crippen molar-refractivity contribution in [2.24, 2.45) is 11.1 Å². The van der Waals surface area contributed by atoms with Gasteiger partial charge in [0.2, 0.25) is 0 Å². The molecule has 0 radical (unpaired) electrons. The molecule has 2 aliphatic rings. The van der Waals surface area contributed by atoms with Crippen molar-refractivity contribution in [1.82, 2.24) is 14.5 Å². The van der Waals surface area contributed by atoms with Crippen LogP contribution in [0.5, 0.6) is 0 Å². The van der Waals surface area contributed by atoms with Gasteiger partial charge in [-0.3, -0.25) is 10.1 Å². The standard InChI is InChI=1S/C29H28N6O3/c30-27-24-6-2-1-4-21(24)17-29(27)10-14-34(15-11-29)28-25(19-36)32-22(18-31-28)5-3-12-33-13-9-20-16-23(35(37)38)7-8-26(20)33/h1-2,4,6-9,13,16,18,27,36H,10-12,14-15,17,19,30H2/t27-/m1/s1. The van der Waals surface area contributed by atoms with Gasteiger partial charge in [-0.05, 0) is 53.9 Å². The lowest BCUT2D eigenvalue weighted by Gasteiger charge is -2.42. The number of nitro groups is 1. The number of nitrogens with zero attached hydrogens (tertiary/aromatic N) is 5.